The monoisotopic (exact) mass is 363 g/mol. The van der Waals surface area contributed by atoms with Crippen LogP contribution in [0.4, 0.5) is 0 Å². The quantitative estimate of drug-likeness (QED) is 0.816. The van der Waals surface area contributed by atoms with E-state index in [2.05, 4.69) is 5.10 Å². The van der Waals surface area contributed by atoms with Crippen LogP contribution in [-0.4, -0.2) is 42.3 Å². The van der Waals surface area contributed by atoms with Gasteiger partial charge in [-0.25, -0.2) is 8.42 Å². The Morgan fingerprint density at radius 3 is 2.24 bits per heavy atom. The molecular formula is C18H25N3O3S. The molecule has 0 fully saturated rings. The summed E-state index contributed by atoms with van der Waals surface area (Å²) in [6, 6.07) is 6.51. The average molecular weight is 363 g/mol. The third-order valence-corrected chi connectivity index (χ3v) is 5.88. The third-order valence-electron chi connectivity index (χ3n) is 4.75. The van der Waals surface area contributed by atoms with Crippen LogP contribution in [0.15, 0.2) is 29.2 Å². The van der Waals surface area contributed by atoms with Crippen molar-refractivity contribution in [2.75, 3.05) is 13.3 Å². The van der Waals surface area contributed by atoms with Gasteiger partial charge in [0.25, 0.3) is 0 Å². The predicted molar refractivity (Wildman–Crippen MR) is 97.1 cm³/mol. The molecule has 1 amide bonds. The van der Waals surface area contributed by atoms with Gasteiger partial charge in [-0.05, 0) is 38.5 Å². The largest absolute Gasteiger partial charge is 0.339 e. The standard InChI is InChI=1S/C18H25N3O3S/c1-12-17(14(3)21(5)19-12)11-18(22)20(4)13(2)15-7-9-16(10-8-15)25(6,23)24/h7-10,13H,11H2,1-6H3. The number of aryl methyl sites for hydroxylation is 2. The van der Waals surface area contributed by atoms with E-state index in [9.17, 15) is 13.2 Å². The Balaban J connectivity index is 2.16. The molecule has 0 aliphatic heterocycles. The number of benzene rings is 1. The van der Waals surface area contributed by atoms with Crippen LogP contribution < -0.4 is 0 Å². The summed E-state index contributed by atoms with van der Waals surface area (Å²) in [5.41, 5.74) is 3.71. The number of nitrogens with zero attached hydrogens (tertiary/aromatic N) is 3. The summed E-state index contributed by atoms with van der Waals surface area (Å²) in [4.78, 5) is 14.6. The summed E-state index contributed by atoms with van der Waals surface area (Å²) in [7, 11) is 0.410. The first-order chi connectivity index (χ1) is 11.5. The first-order valence-electron chi connectivity index (χ1n) is 8.07. The van der Waals surface area contributed by atoms with Gasteiger partial charge in [0.15, 0.2) is 9.84 Å². The smallest absolute Gasteiger partial charge is 0.227 e. The Labute approximate surface area is 149 Å². The maximum absolute atomic E-state index is 12.7. The highest BCUT2D eigenvalue weighted by atomic mass is 32.2. The number of carbonyl (C=O) groups excluding carboxylic acids is 1. The molecule has 0 bridgehead atoms. The van der Waals surface area contributed by atoms with Crippen LogP contribution >= 0.6 is 0 Å². The second-order valence-electron chi connectivity index (χ2n) is 6.47. The van der Waals surface area contributed by atoms with Crippen LogP contribution in [0, 0.1) is 13.8 Å². The lowest BCUT2D eigenvalue weighted by molar-refractivity contribution is -0.131. The normalized spacial score (nSPS) is 12.9. The maximum atomic E-state index is 12.7. The van der Waals surface area contributed by atoms with E-state index in [1.54, 1.807) is 40.9 Å². The number of likely N-dealkylation sites (N-methyl/N-ethyl adjacent to an activating group) is 1. The molecule has 2 rings (SSSR count). The zero-order valence-electron chi connectivity index (χ0n) is 15.6. The Morgan fingerprint density at radius 1 is 1.24 bits per heavy atom. The lowest BCUT2D eigenvalue weighted by Crippen LogP contribution is -2.31. The van der Waals surface area contributed by atoms with Crippen molar-refractivity contribution in [1.29, 1.82) is 0 Å². The summed E-state index contributed by atoms with van der Waals surface area (Å²) in [6.07, 6.45) is 1.48. The van der Waals surface area contributed by atoms with Crippen LogP contribution in [0.3, 0.4) is 0 Å². The number of aromatic nitrogens is 2. The van der Waals surface area contributed by atoms with Gasteiger partial charge >= 0.3 is 0 Å². The fraction of sp³-hybridized carbons (Fsp3) is 0.444. The van der Waals surface area contributed by atoms with E-state index >= 15 is 0 Å². The lowest BCUT2D eigenvalue weighted by atomic mass is 10.1. The molecular weight excluding hydrogens is 338 g/mol. The zero-order valence-corrected chi connectivity index (χ0v) is 16.4. The van der Waals surface area contributed by atoms with Gasteiger partial charge in [-0.15, -0.1) is 0 Å². The average Bonchev–Trinajstić information content (AvgIpc) is 2.79. The molecule has 1 atom stereocenters. The summed E-state index contributed by atoms with van der Waals surface area (Å²) in [5, 5.41) is 4.35. The minimum absolute atomic E-state index is 0.00103. The highest BCUT2D eigenvalue weighted by Crippen LogP contribution is 2.22. The SMILES string of the molecule is Cc1nn(C)c(C)c1CC(=O)N(C)C(C)c1ccc(S(C)(=O)=O)cc1. The number of sulfone groups is 1. The fourth-order valence-electron chi connectivity index (χ4n) is 2.78. The van der Waals surface area contributed by atoms with Crippen molar-refractivity contribution in [3.63, 3.8) is 0 Å². The van der Waals surface area contributed by atoms with Gasteiger partial charge in [0.1, 0.15) is 0 Å². The minimum atomic E-state index is -3.22. The first-order valence-corrected chi connectivity index (χ1v) is 9.96. The fourth-order valence-corrected chi connectivity index (χ4v) is 3.41. The molecule has 6 nitrogen and oxygen atoms in total. The molecule has 0 N–H and O–H groups in total. The summed E-state index contributed by atoms with van der Waals surface area (Å²) >= 11 is 0. The van der Waals surface area contributed by atoms with Crippen LogP contribution in [0.5, 0.6) is 0 Å². The Morgan fingerprint density at radius 2 is 1.80 bits per heavy atom. The second kappa shape index (κ2) is 7.00. The van der Waals surface area contributed by atoms with E-state index in [1.165, 1.54) is 6.26 Å². The molecule has 0 saturated heterocycles. The Bertz CT molecular complexity index is 883. The molecule has 1 heterocycles. The van der Waals surface area contributed by atoms with Crippen LogP contribution in [-0.2, 0) is 28.1 Å². The predicted octanol–water partition coefficient (Wildman–Crippen LogP) is 2.20. The van der Waals surface area contributed by atoms with Crippen LogP contribution in [0.25, 0.3) is 0 Å². The second-order valence-corrected chi connectivity index (χ2v) is 8.49. The van der Waals surface area contributed by atoms with Gasteiger partial charge in [0.2, 0.25) is 5.91 Å². The highest BCUT2D eigenvalue weighted by molar-refractivity contribution is 7.90. The molecule has 136 valence electrons. The van der Waals surface area contributed by atoms with Crippen molar-refractivity contribution in [3.05, 3.63) is 46.8 Å². The molecule has 1 aromatic heterocycles. The number of amides is 1. The third kappa shape index (κ3) is 4.10. The molecule has 25 heavy (non-hydrogen) atoms. The number of rotatable bonds is 5. The molecule has 0 aliphatic rings. The van der Waals surface area contributed by atoms with E-state index in [0.717, 1.165) is 22.5 Å². The van der Waals surface area contributed by atoms with Crippen molar-refractivity contribution in [3.8, 4) is 0 Å². The zero-order chi connectivity index (χ0) is 18.9. The van der Waals surface area contributed by atoms with Crippen molar-refractivity contribution in [2.45, 2.75) is 38.1 Å². The Hall–Kier alpha value is -2.15. The molecule has 1 aromatic carbocycles. The van der Waals surface area contributed by atoms with Gasteiger partial charge in [-0.3, -0.25) is 9.48 Å². The van der Waals surface area contributed by atoms with E-state index in [-0.39, 0.29) is 16.8 Å². The molecule has 1 unspecified atom stereocenters. The summed E-state index contributed by atoms with van der Waals surface area (Å²) in [6.45, 7) is 5.79. The lowest BCUT2D eigenvalue weighted by Gasteiger charge is -2.25. The van der Waals surface area contributed by atoms with Gasteiger partial charge in [-0.2, -0.15) is 5.10 Å². The van der Waals surface area contributed by atoms with Crippen LogP contribution in [0.2, 0.25) is 0 Å². The highest BCUT2D eigenvalue weighted by Gasteiger charge is 2.21. The maximum Gasteiger partial charge on any atom is 0.227 e. The molecule has 0 aliphatic carbocycles. The van der Waals surface area contributed by atoms with E-state index in [4.69, 9.17) is 0 Å². The molecule has 0 spiro atoms. The minimum Gasteiger partial charge on any atom is -0.339 e. The number of hydrogen-bond donors (Lipinski definition) is 0. The van der Waals surface area contributed by atoms with Crippen molar-refractivity contribution in [1.82, 2.24) is 14.7 Å². The van der Waals surface area contributed by atoms with Gasteiger partial charge in [0.05, 0.1) is 23.1 Å². The van der Waals surface area contributed by atoms with E-state index in [1.807, 2.05) is 27.8 Å². The van der Waals surface area contributed by atoms with E-state index < -0.39 is 9.84 Å². The molecule has 0 radical (unpaired) electrons. The molecule has 2 aromatic rings. The summed E-state index contributed by atoms with van der Waals surface area (Å²) in [5.74, 6) is -0.00103. The van der Waals surface area contributed by atoms with Gasteiger partial charge in [-0.1, -0.05) is 12.1 Å². The van der Waals surface area contributed by atoms with Crippen LogP contribution in [0.1, 0.15) is 35.5 Å². The van der Waals surface area contributed by atoms with Crippen molar-refractivity contribution in [2.24, 2.45) is 7.05 Å². The van der Waals surface area contributed by atoms with Crippen molar-refractivity contribution >= 4 is 15.7 Å². The topological polar surface area (TPSA) is 72.3 Å². The number of carbonyl (C=O) groups is 1. The van der Waals surface area contributed by atoms with Crippen molar-refractivity contribution < 1.29 is 13.2 Å². The van der Waals surface area contributed by atoms with Gasteiger partial charge < -0.3 is 4.90 Å². The van der Waals surface area contributed by atoms with Gasteiger partial charge in [0, 0.05) is 31.6 Å². The van der Waals surface area contributed by atoms with E-state index in [0.29, 0.717) is 6.42 Å². The first kappa shape index (κ1) is 19.2. The summed E-state index contributed by atoms with van der Waals surface area (Å²) < 4.78 is 24.9. The molecule has 7 heteroatoms. The molecule has 0 saturated carbocycles. The number of hydrogen-bond acceptors (Lipinski definition) is 4. The Kier molecular flexibility index (Phi) is 5.37.